The number of aromatic nitrogens is 5. The Hall–Kier alpha value is -2.45. The fourth-order valence-electron chi connectivity index (χ4n) is 3.37. The molecule has 4 rings (SSSR count). The van der Waals surface area contributed by atoms with E-state index in [1.807, 2.05) is 25.5 Å². The van der Waals surface area contributed by atoms with Crippen LogP contribution < -0.4 is 10.1 Å². The van der Waals surface area contributed by atoms with E-state index in [1.54, 1.807) is 21.6 Å². The van der Waals surface area contributed by atoms with Gasteiger partial charge in [-0.25, -0.2) is 9.50 Å². The van der Waals surface area contributed by atoms with Gasteiger partial charge >= 0.3 is 0 Å². The Morgan fingerprint density at radius 1 is 1.23 bits per heavy atom. The van der Waals surface area contributed by atoms with E-state index in [4.69, 9.17) is 14.5 Å². The third-order valence-electron chi connectivity index (χ3n) is 4.44. The Morgan fingerprint density at radius 2 is 2.08 bits per heavy atom. The lowest BCUT2D eigenvalue weighted by molar-refractivity contribution is -0.166. The van der Waals surface area contributed by atoms with Gasteiger partial charge in [0.1, 0.15) is 17.7 Å². The molecule has 0 aliphatic carbocycles. The van der Waals surface area contributed by atoms with E-state index in [-0.39, 0.29) is 5.60 Å². The minimum atomic E-state index is -0.426. The van der Waals surface area contributed by atoms with E-state index in [0.717, 1.165) is 29.9 Å². The summed E-state index contributed by atoms with van der Waals surface area (Å²) in [6.07, 6.45) is 7.31. The number of aryl methyl sites for hydroxylation is 1. The van der Waals surface area contributed by atoms with Gasteiger partial charge in [0.2, 0.25) is 5.88 Å². The van der Waals surface area contributed by atoms with Gasteiger partial charge in [0.25, 0.3) is 0 Å². The molecule has 0 spiro atoms. The van der Waals surface area contributed by atoms with Crippen LogP contribution >= 0.6 is 0 Å². The first kappa shape index (κ1) is 17.0. The summed E-state index contributed by atoms with van der Waals surface area (Å²) in [6, 6.07) is 1.89. The highest BCUT2D eigenvalue weighted by Crippen LogP contribution is 2.27. The Bertz CT molecular complexity index is 931. The molecule has 1 aliphatic heterocycles. The zero-order valence-electron chi connectivity index (χ0n) is 15.6. The highest BCUT2D eigenvalue weighted by molar-refractivity contribution is 5.63. The maximum atomic E-state index is 6.24. The van der Waals surface area contributed by atoms with E-state index in [0.29, 0.717) is 12.5 Å². The maximum absolute atomic E-state index is 6.24. The topological polar surface area (TPSA) is 78.5 Å². The van der Waals surface area contributed by atoms with E-state index in [1.165, 1.54) is 0 Å². The van der Waals surface area contributed by atoms with Gasteiger partial charge in [-0.3, -0.25) is 4.68 Å². The maximum Gasteiger partial charge on any atom is 0.240 e. The number of nitrogens with zero attached hydrogens (tertiary/aromatic N) is 5. The van der Waals surface area contributed by atoms with Crippen molar-refractivity contribution in [3.8, 4) is 17.1 Å². The summed E-state index contributed by atoms with van der Waals surface area (Å²) in [6.45, 7) is 8.16. The molecule has 1 fully saturated rings. The van der Waals surface area contributed by atoms with Gasteiger partial charge in [0, 0.05) is 31.9 Å². The predicted octanol–water partition coefficient (Wildman–Crippen LogP) is 1.67. The monoisotopic (exact) mass is 356 g/mol. The first-order valence-corrected chi connectivity index (χ1v) is 8.71. The normalized spacial score (nSPS) is 22.6. The van der Waals surface area contributed by atoms with E-state index < -0.39 is 5.60 Å². The average Bonchev–Trinajstić information content (AvgIpc) is 3.20. The Labute approximate surface area is 152 Å². The fraction of sp³-hybridized carbons (Fsp3) is 0.500. The molecule has 26 heavy (non-hydrogen) atoms. The van der Waals surface area contributed by atoms with Crippen LogP contribution in [-0.2, 0) is 11.8 Å². The van der Waals surface area contributed by atoms with Crippen LogP contribution in [0.3, 0.4) is 0 Å². The van der Waals surface area contributed by atoms with Crippen molar-refractivity contribution in [3.05, 3.63) is 30.9 Å². The largest absolute Gasteiger partial charge is 0.473 e. The van der Waals surface area contributed by atoms with Crippen molar-refractivity contribution in [2.24, 2.45) is 7.05 Å². The van der Waals surface area contributed by atoms with Crippen LogP contribution in [0.4, 0.5) is 0 Å². The lowest BCUT2D eigenvalue weighted by Gasteiger charge is -2.43. The molecule has 0 saturated carbocycles. The lowest BCUT2D eigenvalue weighted by atomic mass is 10.00. The van der Waals surface area contributed by atoms with Crippen molar-refractivity contribution in [1.82, 2.24) is 29.7 Å². The Kier molecular flexibility index (Phi) is 3.96. The molecule has 0 bridgehead atoms. The van der Waals surface area contributed by atoms with Crippen LogP contribution in [0, 0.1) is 0 Å². The van der Waals surface area contributed by atoms with E-state index >= 15 is 0 Å². The van der Waals surface area contributed by atoms with Gasteiger partial charge in [-0.15, -0.1) is 0 Å². The molecule has 8 nitrogen and oxygen atoms in total. The quantitative estimate of drug-likeness (QED) is 0.766. The van der Waals surface area contributed by atoms with Gasteiger partial charge in [-0.2, -0.15) is 10.2 Å². The smallest absolute Gasteiger partial charge is 0.240 e. The zero-order chi connectivity index (χ0) is 18.4. The van der Waals surface area contributed by atoms with Crippen LogP contribution in [0.5, 0.6) is 5.88 Å². The molecule has 0 amide bonds. The van der Waals surface area contributed by atoms with E-state index in [2.05, 4.69) is 36.3 Å². The summed E-state index contributed by atoms with van der Waals surface area (Å²) in [5.41, 5.74) is 1.84. The van der Waals surface area contributed by atoms with Crippen molar-refractivity contribution in [2.75, 3.05) is 19.7 Å². The highest BCUT2D eigenvalue weighted by atomic mass is 16.6. The Balaban J connectivity index is 1.62. The summed E-state index contributed by atoms with van der Waals surface area (Å²) in [7, 11) is 1.88. The molecule has 4 heterocycles. The SMILES string of the molecule is Cn1cc(-c2cn3nccc3c(OCC3(C)CNCC(C)(C)O3)n2)cn1. The van der Waals surface area contributed by atoms with E-state index in [9.17, 15) is 0 Å². The molecule has 1 unspecified atom stereocenters. The van der Waals surface area contributed by atoms with Crippen molar-refractivity contribution in [1.29, 1.82) is 0 Å². The molecular weight excluding hydrogens is 332 g/mol. The molecule has 0 radical (unpaired) electrons. The van der Waals surface area contributed by atoms with Gasteiger partial charge in [-0.05, 0) is 26.8 Å². The number of morpholine rings is 1. The molecule has 1 aliphatic rings. The number of nitrogens with one attached hydrogen (secondary N) is 1. The molecule has 138 valence electrons. The number of fused-ring (bicyclic) bond motifs is 1. The van der Waals surface area contributed by atoms with Crippen molar-refractivity contribution < 1.29 is 9.47 Å². The summed E-state index contributed by atoms with van der Waals surface area (Å²) in [4.78, 5) is 4.70. The van der Waals surface area contributed by atoms with Crippen LogP contribution in [0.2, 0.25) is 0 Å². The van der Waals surface area contributed by atoms with Crippen molar-refractivity contribution >= 4 is 5.52 Å². The second-order valence-corrected chi connectivity index (χ2v) is 7.70. The second-order valence-electron chi connectivity index (χ2n) is 7.70. The zero-order valence-corrected chi connectivity index (χ0v) is 15.6. The van der Waals surface area contributed by atoms with Crippen LogP contribution in [0.1, 0.15) is 20.8 Å². The summed E-state index contributed by atoms with van der Waals surface area (Å²) in [5.74, 6) is 0.539. The standard InChI is InChI=1S/C18H24N6O2/c1-17(2)10-19-11-18(3,26-17)12-25-16-15-5-6-20-24(15)9-14(22-16)13-7-21-23(4)8-13/h5-9,19H,10-12H2,1-4H3. The van der Waals surface area contributed by atoms with Crippen LogP contribution in [0.25, 0.3) is 16.8 Å². The lowest BCUT2D eigenvalue weighted by Crippen LogP contribution is -2.59. The fourth-order valence-corrected chi connectivity index (χ4v) is 3.37. The molecule has 3 aromatic heterocycles. The number of hydrogen-bond acceptors (Lipinski definition) is 6. The van der Waals surface area contributed by atoms with Gasteiger partial charge in [-0.1, -0.05) is 0 Å². The number of hydrogen-bond donors (Lipinski definition) is 1. The predicted molar refractivity (Wildman–Crippen MR) is 97.1 cm³/mol. The minimum absolute atomic E-state index is 0.229. The molecule has 1 atom stereocenters. The third kappa shape index (κ3) is 3.30. The third-order valence-corrected chi connectivity index (χ3v) is 4.44. The summed E-state index contributed by atoms with van der Waals surface area (Å²) < 4.78 is 15.9. The van der Waals surface area contributed by atoms with Crippen molar-refractivity contribution in [3.63, 3.8) is 0 Å². The molecule has 0 aromatic carbocycles. The highest BCUT2D eigenvalue weighted by Gasteiger charge is 2.38. The van der Waals surface area contributed by atoms with Crippen LogP contribution in [0.15, 0.2) is 30.9 Å². The molecule has 8 heteroatoms. The number of rotatable bonds is 4. The molecule has 1 N–H and O–H groups in total. The Morgan fingerprint density at radius 3 is 2.81 bits per heavy atom. The summed E-state index contributed by atoms with van der Waals surface area (Å²) >= 11 is 0. The number of ether oxygens (including phenoxy) is 2. The second kappa shape index (κ2) is 6.07. The first-order valence-electron chi connectivity index (χ1n) is 8.71. The molecule has 3 aromatic rings. The van der Waals surface area contributed by atoms with Crippen molar-refractivity contribution in [2.45, 2.75) is 32.0 Å². The average molecular weight is 356 g/mol. The summed E-state index contributed by atoms with van der Waals surface area (Å²) in [5, 5.41) is 12.0. The van der Waals surface area contributed by atoms with Gasteiger partial charge in [0.15, 0.2) is 0 Å². The van der Waals surface area contributed by atoms with Gasteiger partial charge in [0.05, 0.1) is 29.9 Å². The van der Waals surface area contributed by atoms with Gasteiger partial charge < -0.3 is 14.8 Å². The molecular formula is C18H24N6O2. The first-order chi connectivity index (χ1) is 12.3. The molecule has 1 saturated heterocycles. The minimum Gasteiger partial charge on any atom is -0.473 e. The van der Waals surface area contributed by atoms with Crippen LogP contribution in [-0.4, -0.2) is 55.3 Å².